The molecular weight excluding hydrogens is 339 g/mol. The predicted octanol–water partition coefficient (Wildman–Crippen LogP) is 1.70. The number of carbonyl (C=O) groups excluding carboxylic acids is 2. The Hall–Kier alpha value is -1.34. The second-order valence-corrected chi connectivity index (χ2v) is 5.28. The topological polar surface area (TPSA) is 73.5 Å². The highest BCUT2D eigenvalue weighted by atomic mass is 35.5. The minimum Gasteiger partial charge on any atom is -0.314 e. The van der Waals surface area contributed by atoms with Gasteiger partial charge in [-0.15, -0.1) is 24.8 Å². The van der Waals surface area contributed by atoms with Crippen molar-refractivity contribution in [3.63, 3.8) is 0 Å². The lowest BCUT2D eigenvalue weighted by atomic mass is 10.1. The molecule has 0 atom stereocenters. The van der Waals surface area contributed by atoms with Crippen LogP contribution in [0.5, 0.6) is 0 Å². The Balaban J connectivity index is 0.00000242. The Bertz CT molecular complexity index is 534. The van der Waals surface area contributed by atoms with Gasteiger partial charge in [-0.1, -0.05) is 12.1 Å². The molecule has 0 aliphatic carbocycles. The number of nitrogens with one attached hydrogen (secondary N) is 3. The van der Waals surface area contributed by atoms with Crippen LogP contribution >= 0.6 is 24.8 Å². The molecule has 1 aromatic rings. The Kier molecular flexibility index (Phi) is 9.83. The van der Waals surface area contributed by atoms with Gasteiger partial charge in [-0.25, -0.2) is 4.79 Å². The maximum atomic E-state index is 11.9. The maximum Gasteiger partial charge on any atom is 0.325 e. The van der Waals surface area contributed by atoms with E-state index in [4.69, 9.17) is 0 Å². The van der Waals surface area contributed by atoms with Crippen molar-refractivity contribution in [2.75, 3.05) is 38.0 Å². The van der Waals surface area contributed by atoms with Crippen molar-refractivity contribution in [3.05, 3.63) is 29.3 Å². The van der Waals surface area contributed by atoms with Gasteiger partial charge in [0.1, 0.15) is 0 Å². The normalized spacial score (nSPS) is 14.2. The van der Waals surface area contributed by atoms with Crippen molar-refractivity contribution >= 4 is 42.4 Å². The summed E-state index contributed by atoms with van der Waals surface area (Å²) < 4.78 is 0. The fourth-order valence-corrected chi connectivity index (χ4v) is 2.28. The number of hydrogen-bond acceptors (Lipinski definition) is 4. The zero-order chi connectivity index (χ0) is 15.2. The molecule has 8 heteroatoms. The quantitative estimate of drug-likeness (QED) is 0.764. The number of piperazine rings is 1. The van der Waals surface area contributed by atoms with E-state index in [0.29, 0.717) is 0 Å². The largest absolute Gasteiger partial charge is 0.325 e. The standard InChI is InChI=1S/C15H22N4O2.2ClH/c1-11-4-3-5-13(12(11)2)17-15(21)18-14(20)10-19-8-6-16-7-9-19;;/h3-5,16H,6-10H2,1-2H3,(H2,17,18,20,21);2*1H. The zero-order valence-electron chi connectivity index (χ0n) is 13.3. The molecular formula is C15H24Cl2N4O2. The van der Waals surface area contributed by atoms with Gasteiger partial charge in [-0.2, -0.15) is 0 Å². The van der Waals surface area contributed by atoms with Crippen molar-refractivity contribution in [2.45, 2.75) is 13.8 Å². The number of rotatable bonds is 3. The third-order valence-electron chi connectivity index (χ3n) is 3.68. The van der Waals surface area contributed by atoms with Crippen molar-refractivity contribution in [3.8, 4) is 0 Å². The molecule has 0 radical (unpaired) electrons. The van der Waals surface area contributed by atoms with Gasteiger partial charge in [0.25, 0.3) is 0 Å². The summed E-state index contributed by atoms with van der Waals surface area (Å²) in [4.78, 5) is 25.7. The number of aryl methyl sites for hydroxylation is 1. The fraction of sp³-hybridized carbons (Fsp3) is 0.467. The number of imide groups is 1. The molecule has 3 amide bonds. The van der Waals surface area contributed by atoms with E-state index in [1.54, 1.807) is 0 Å². The summed E-state index contributed by atoms with van der Waals surface area (Å²) in [6.07, 6.45) is 0. The van der Waals surface area contributed by atoms with Gasteiger partial charge < -0.3 is 10.6 Å². The van der Waals surface area contributed by atoms with Crippen LogP contribution in [-0.2, 0) is 4.79 Å². The number of halogens is 2. The molecule has 1 fully saturated rings. The Morgan fingerprint density at radius 3 is 2.48 bits per heavy atom. The number of nitrogens with zero attached hydrogens (tertiary/aromatic N) is 1. The first-order chi connectivity index (χ1) is 10.1. The molecule has 0 bridgehead atoms. The summed E-state index contributed by atoms with van der Waals surface area (Å²) in [5.74, 6) is -0.278. The first-order valence-corrected chi connectivity index (χ1v) is 7.16. The van der Waals surface area contributed by atoms with Crippen molar-refractivity contribution in [1.82, 2.24) is 15.5 Å². The van der Waals surface area contributed by atoms with Crippen molar-refractivity contribution in [2.24, 2.45) is 0 Å². The van der Waals surface area contributed by atoms with Gasteiger partial charge in [0.2, 0.25) is 5.91 Å². The molecule has 2 rings (SSSR count). The van der Waals surface area contributed by atoms with Crippen LogP contribution in [0.25, 0.3) is 0 Å². The molecule has 130 valence electrons. The third-order valence-corrected chi connectivity index (χ3v) is 3.68. The molecule has 1 heterocycles. The van der Waals surface area contributed by atoms with Gasteiger partial charge in [-0.3, -0.25) is 15.0 Å². The molecule has 1 aliphatic rings. The lowest BCUT2D eigenvalue weighted by Gasteiger charge is -2.26. The van der Waals surface area contributed by atoms with E-state index in [-0.39, 0.29) is 37.3 Å². The highest BCUT2D eigenvalue weighted by Crippen LogP contribution is 2.17. The number of anilines is 1. The first-order valence-electron chi connectivity index (χ1n) is 7.16. The molecule has 6 nitrogen and oxygen atoms in total. The molecule has 0 saturated carbocycles. The minimum atomic E-state index is -0.483. The number of urea groups is 1. The predicted molar refractivity (Wildman–Crippen MR) is 96.9 cm³/mol. The number of amides is 3. The van der Waals surface area contributed by atoms with E-state index in [1.165, 1.54) is 0 Å². The highest BCUT2D eigenvalue weighted by Gasteiger charge is 2.15. The minimum absolute atomic E-state index is 0. The first kappa shape index (κ1) is 21.7. The number of carbonyl (C=O) groups is 2. The average Bonchev–Trinajstić information content (AvgIpc) is 2.44. The van der Waals surface area contributed by atoms with Crippen molar-refractivity contribution < 1.29 is 9.59 Å². The van der Waals surface area contributed by atoms with Crippen LogP contribution in [0, 0.1) is 13.8 Å². The van der Waals surface area contributed by atoms with Crippen LogP contribution in [0.4, 0.5) is 10.5 Å². The third kappa shape index (κ3) is 6.74. The molecule has 3 N–H and O–H groups in total. The van der Waals surface area contributed by atoms with Gasteiger partial charge in [0, 0.05) is 31.9 Å². The second-order valence-electron chi connectivity index (χ2n) is 5.28. The van der Waals surface area contributed by atoms with Crippen LogP contribution in [0.1, 0.15) is 11.1 Å². The smallest absolute Gasteiger partial charge is 0.314 e. The van der Waals surface area contributed by atoms with Crippen LogP contribution in [0.15, 0.2) is 18.2 Å². The second kappa shape index (κ2) is 10.4. The molecule has 1 aliphatic heterocycles. The van der Waals surface area contributed by atoms with Crippen LogP contribution in [0.2, 0.25) is 0 Å². The van der Waals surface area contributed by atoms with Crippen LogP contribution in [0.3, 0.4) is 0 Å². The summed E-state index contributed by atoms with van der Waals surface area (Å²) in [6.45, 7) is 7.57. The molecule has 0 aromatic heterocycles. The van der Waals surface area contributed by atoms with Crippen molar-refractivity contribution in [1.29, 1.82) is 0 Å². The van der Waals surface area contributed by atoms with E-state index in [9.17, 15) is 9.59 Å². The van der Waals surface area contributed by atoms with E-state index in [1.807, 2.05) is 36.9 Å². The summed E-state index contributed by atoms with van der Waals surface area (Å²) in [7, 11) is 0. The van der Waals surface area contributed by atoms with Gasteiger partial charge >= 0.3 is 6.03 Å². The molecule has 0 spiro atoms. The molecule has 0 unspecified atom stereocenters. The Labute approximate surface area is 149 Å². The van der Waals surface area contributed by atoms with Crippen LogP contribution < -0.4 is 16.0 Å². The molecule has 1 aromatic carbocycles. The number of benzene rings is 1. The van der Waals surface area contributed by atoms with E-state index < -0.39 is 6.03 Å². The lowest BCUT2D eigenvalue weighted by molar-refractivity contribution is -0.121. The fourth-order valence-electron chi connectivity index (χ4n) is 2.28. The number of hydrogen-bond donors (Lipinski definition) is 3. The summed E-state index contributed by atoms with van der Waals surface area (Å²) in [6, 6.07) is 5.20. The van der Waals surface area contributed by atoms with Gasteiger partial charge in [-0.05, 0) is 31.0 Å². The average molecular weight is 363 g/mol. The molecule has 1 saturated heterocycles. The Morgan fingerprint density at radius 2 is 1.83 bits per heavy atom. The summed E-state index contributed by atoms with van der Waals surface area (Å²) >= 11 is 0. The summed E-state index contributed by atoms with van der Waals surface area (Å²) in [5.41, 5.74) is 2.82. The van der Waals surface area contributed by atoms with E-state index in [0.717, 1.165) is 43.0 Å². The molecule has 23 heavy (non-hydrogen) atoms. The SMILES string of the molecule is Cc1cccc(NC(=O)NC(=O)CN2CCNCC2)c1C.Cl.Cl. The lowest BCUT2D eigenvalue weighted by Crippen LogP contribution is -2.48. The van der Waals surface area contributed by atoms with Crippen LogP contribution in [-0.4, -0.2) is 49.6 Å². The van der Waals surface area contributed by atoms with Gasteiger partial charge in [0.05, 0.1) is 6.54 Å². The highest BCUT2D eigenvalue weighted by molar-refractivity contribution is 6.02. The monoisotopic (exact) mass is 362 g/mol. The zero-order valence-corrected chi connectivity index (χ0v) is 15.0. The van der Waals surface area contributed by atoms with E-state index in [2.05, 4.69) is 16.0 Å². The van der Waals surface area contributed by atoms with E-state index >= 15 is 0 Å². The summed E-state index contributed by atoms with van der Waals surface area (Å²) in [5, 5.41) is 8.31. The Morgan fingerprint density at radius 1 is 1.17 bits per heavy atom. The van der Waals surface area contributed by atoms with Gasteiger partial charge in [0.15, 0.2) is 0 Å². The maximum absolute atomic E-state index is 11.9.